The lowest BCUT2D eigenvalue weighted by atomic mass is 10.0. The van der Waals surface area contributed by atoms with Crippen molar-refractivity contribution in [3.05, 3.63) is 18.0 Å². The first-order valence-corrected chi connectivity index (χ1v) is 8.45. The van der Waals surface area contributed by atoms with Gasteiger partial charge in [0.25, 0.3) is 0 Å². The van der Waals surface area contributed by atoms with E-state index in [9.17, 15) is 0 Å². The molecule has 0 bridgehead atoms. The Hall–Kier alpha value is -0.830. The molecule has 0 spiro atoms. The number of hydrogen-bond acceptors (Lipinski definition) is 3. The summed E-state index contributed by atoms with van der Waals surface area (Å²) < 4.78 is 1.84. The first-order valence-electron chi connectivity index (χ1n) is 8.45. The fraction of sp³-hybridized carbons (Fsp3) is 0.765. The van der Waals surface area contributed by atoms with Gasteiger partial charge in [-0.05, 0) is 39.8 Å². The van der Waals surface area contributed by atoms with Gasteiger partial charge in [0.15, 0.2) is 5.96 Å². The number of likely N-dealkylation sites (N-methyl/N-ethyl adjacent to an activating group) is 1. The van der Waals surface area contributed by atoms with Gasteiger partial charge in [-0.3, -0.25) is 9.67 Å². The molecule has 0 amide bonds. The number of guanidine groups is 1. The van der Waals surface area contributed by atoms with Crippen LogP contribution in [0.4, 0.5) is 0 Å². The average molecular weight is 450 g/mol. The third kappa shape index (κ3) is 8.32. The van der Waals surface area contributed by atoms with Gasteiger partial charge in [0, 0.05) is 38.4 Å². The van der Waals surface area contributed by atoms with Gasteiger partial charge in [0.2, 0.25) is 0 Å². The van der Waals surface area contributed by atoms with Gasteiger partial charge in [-0.1, -0.05) is 13.8 Å². The Morgan fingerprint density at radius 1 is 1.29 bits per heavy atom. The molecular weight excluding hydrogens is 415 g/mol. The van der Waals surface area contributed by atoms with Crippen molar-refractivity contribution in [2.45, 2.75) is 45.7 Å². The van der Waals surface area contributed by atoms with Gasteiger partial charge in [0.05, 0.1) is 12.2 Å². The second-order valence-electron chi connectivity index (χ2n) is 6.90. The Morgan fingerprint density at radius 3 is 2.42 bits per heavy atom. The van der Waals surface area contributed by atoms with Crippen molar-refractivity contribution in [3.8, 4) is 0 Å². The van der Waals surface area contributed by atoms with Crippen molar-refractivity contribution < 1.29 is 0 Å². The molecule has 0 radical (unpaired) electrons. The van der Waals surface area contributed by atoms with Crippen LogP contribution in [0.3, 0.4) is 0 Å². The van der Waals surface area contributed by atoms with Crippen molar-refractivity contribution in [2.24, 2.45) is 18.0 Å². The van der Waals surface area contributed by atoms with E-state index in [2.05, 4.69) is 66.7 Å². The summed E-state index contributed by atoms with van der Waals surface area (Å²) >= 11 is 0. The molecule has 140 valence electrons. The summed E-state index contributed by atoms with van der Waals surface area (Å²) in [7, 11) is 7.93. The molecule has 7 heteroatoms. The normalized spacial score (nSPS) is 14.5. The Balaban J connectivity index is 0.00000529. The molecule has 1 rings (SSSR count). The minimum atomic E-state index is 0. The van der Waals surface area contributed by atoms with Crippen molar-refractivity contribution in [1.29, 1.82) is 0 Å². The fourth-order valence-corrected chi connectivity index (χ4v) is 2.49. The quantitative estimate of drug-likeness (QED) is 0.363. The molecule has 24 heavy (non-hydrogen) atoms. The molecule has 0 aromatic carbocycles. The minimum Gasteiger partial charge on any atom is -0.354 e. The van der Waals surface area contributed by atoms with Crippen LogP contribution in [0.1, 0.15) is 45.2 Å². The monoisotopic (exact) mass is 450 g/mol. The molecule has 6 nitrogen and oxygen atoms in total. The van der Waals surface area contributed by atoms with E-state index in [1.54, 1.807) is 0 Å². The number of hydrogen-bond donors (Lipinski definition) is 2. The lowest BCUT2D eigenvalue weighted by Crippen LogP contribution is -2.45. The number of halogens is 1. The summed E-state index contributed by atoms with van der Waals surface area (Å²) in [5.41, 5.74) is 1.20. The van der Waals surface area contributed by atoms with Crippen LogP contribution >= 0.6 is 24.0 Å². The standard InChI is InChI=1S/C17H34N6.HI/c1-13(2)8-9-14(3)21-17(18-4)19-11-16(22(5)6)15-10-20-23(7)12-15;/h10,12-14,16H,8-9,11H2,1-7H3,(H2,18,19,21);1H. The smallest absolute Gasteiger partial charge is 0.191 e. The number of nitrogens with zero attached hydrogens (tertiary/aromatic N) is 4. The molecule has 0 saturated carbocycles. The van der Waals surface area contributed by atoms with E-state index in [4.69, 9.17) is 0 Å². The highest BCUT2D eigenvalue weighted by Gasteiger charge is 2.16. The van der Waals surface area contributed by atoms with Crippen LogP contribution in [-0.2, 0) is 7.05 Å². The SMILES string of the molecule is CN=C(NCC(c1cnn(C)c1)N(C)C)NC(C)CCC(C)C.I. The summed E-state index contributed by atoms with van der Waals surface area (Å²) in [6, 6.07) is 0.674. The van der Waals surface area contributed by atoms with E-state index in [-0.39, 0.29) is 30.0 Å². The molecule has 0 aliphatic heterocycles. The molecule has 0 saturated heterocycles. The molecule has 2 N–H and O–H groups in total. The topological polar surface area (TPSA) is 57.5 Å². The molecule has 2 atom stereocenters. The van der Waals surface area contributed by atoms with Crippen molar-refractivity contribution in [2.75, 3.05) is 27.7 Å². The second-order valence-corrected chi connectivity index (χ2v) is 6.90. The predicted octanol–water partition coefficient (Wildman–Crippen LogP) is 2.63. The third-order valence-corrected chi connectivity index (χ3v) is 3.98. The average Bonchev–Trinajstić information content (AvgIpc) is 2.90. The number of aryl methyl sites for hydroxylation is 1. The Bertz CT molecular complexity index is 483. The summed E-state index contributed by atoms with van der Waals surface area (Å²) in [5, 5.41) is 11.2. The Morgan fingerprint density at radius 2 is 1.96 bits per heavy atom. The summed E-state index contributed by atoms with van der Waals surface area (Å²) in [5.74, 6) is 1.59. The van der Waals surface area contributed by atoms with Gasteiger partial charge in [0.1, 0.15) is 0 Å². The maximum atomic E-state index is 4.34. The van der Waals surface area contributed by atoms with E-state index in [1.165, 1.54) is 12.0 Å². The van der Waals surface area contributed by atoms with E-state index in [0.717, 1.165) is 24.8 Å². The second kappa shape index (κ2) is 11.7. The lowest BCUT2D eigenvalue weighted by Gasteiger charge is -2.25. The van der Waals surface area contributed by atoms with Crippen molar-refractivity contribution >= 4 is 29.9 Å². The Labute approximate surface area is 164 Å². The van der Waals surface area contributed by atoms with Gasteiger partial charge in [-0.2, -0.15) is 5.10 Å². The van der Waals surface area contributed by atoms with Crippen LogP contribution in [0.15, 0.2) is 17.4 Å². The fourth-order valence-electron chi connectivity index (χ4n) is 2.49. The predicted molar refractivity (Wildman–Crippen MR) is 113 cm³/mol. The molecular formula is C17H35IN6. The maximum Gasteiger partial charge on any atom is 0.191 e. The molecule has 1 aromatic rings. The first kappa shape index (κ1) is 23.2. The molecule has 0 aliphatic rings. The van der Waals surface area contributed by atoms with Crippen LogP contribution in [0, 0.1) is 5.92 Å². The van der Waals surface area contributed by atoms with Gasteiger partial charge >= 0.3 is 0 Å². The van der Waals surface area contributed by atoms with Crippen LogP contribution in [-0.4, -0.2) is 54.4 Å². The Kier molecular flexibility index (Phi) is 11.3. The van der Waals surface area contributed by atoms with E-state index >= 15 is 0 Å². The van der Waals surface area contributed by atoms with Crippen molar-refractivity contribution in [3.63, 3.8) is 0 Å². The largest absolute Gasteiger partial charge is 0.354 e. The van der Waals surface area contributed by atoms with Crippen LogP contribution in [0.5, 0.6) is 0 Å². The number of rotatable bonds is 8. The molecule has 1 heterocycles. The van der Waals surface area contributed by atoms with Crippen LogP contribution in [0.25, 0.3) is 0 Å². The minimum absolute atomic E-state index is 0. The lowest BCUT2D eigenvalue weighted by molar-refractivity contribution is 0.297. The number of aromatic nitrogens is 2. The zero-order chi connectivity index (χ0) is 17.4. The first-order chi connectivity index (χ1) is 10.8. The van der Waals surface area contributed by atoms with Gasteiger partial charge < -0.3 is 15.5 Å². The highest BCUT2D eigenvalue weighted by atomic mass is 127. The molecule has 1 aromatic heterocycles. The number of nitrogens with one attached hydrogen (secondary N) is 2. The third-order valence-electron chi connectivity index (χ3n) is 3.98. The highest BCUT2D eigenvalue weighted by molar-refractivity contribution is 14.0. The maximum absolute atomic E-state index is 4.34. The van der Waals surface area contributed by atoms with Crippen LogP contribution < -0.4 is 10.6 Å². The molecule has 2 unspecified atom stereocenters. The van der Waals surface area contributed by atoms with Gasteiger partial charge in [-0.15, -0.1) is 24.0 Å². The number of aliphatic imine (C=N–C) groups is 1. The van der Waals surface area contributed by atoms with E-state index < -0.39 is 0 Å². The van der Waals surface area contributed by atoms with Crippen molar-refractivity contribution in [1.82, 2.24) is 25.3 Å². The summed E-state index contributed by atoms with van der Waals surface area (Å²) in [6.07, 6.45) is 6.36. The van der Waals surface area contributed by atoms with E-state index in [1.807, 2.05) is 25.0 Å². The zero-order valence-corrected chi connectivity index (χ0v) is 18.5. The molecule has 0 fully saturated rings. The van der Waals surface area contributed by atoms with Gasteiger partial charge in [-0.25, -0.2) is 0 Å². The highest BCUT2D eigenvalue weighted by Crippen LogP contribution is 2.16. The molecule has 0 aliphatic carbocycles. The van der Waals surface area contributed by atoms with E-state index in [0.29, 0.717) is 6.04 Å². The summed E-state index contributed by atoms with van der Waals surface area (Å²) in [6.45, 7) is 7.51. The van der Waals surface area contributed by atoms with Crippen LogP contribution in [0.2, 0.25) is 0 Å². The summed E-state index contributed by atoms with van der Waals surface area (Å²) in [4.78, 5) is 6.53. The zero-order valence-electron chi connectivity index (χ0n) is 16.2.